The predicted octanol–water partition coefficient (Wildman–Crippen LogP) is 4.32. The Morgan fingerprint density at radius 1 is 1.28 bits per heavy atom. The number of allylic oxidation sites excluding steroid dienone is 1. The SMILES string of the molecule is CC1CCN(c2ccc(/C=C3\CCCc4c[n+](CCSC(=N)N)ccc43)cc2)C1. The zero-order valence-electron chi connectivity index (χ0n) is 17.2. The van der Waals surface area contributed by atoms with Crippen molar-refractivity contribution >= 4 is 34.3 Å². The van der Waals surface area contributed by atoms with Crippen LogP contribution in [0.4, 0.5) is 5.69 Å². The molecule has 0 spiro atoms. The number of benzene rings is 1. The van der Waals surface area contributed by atoms with Crippen molar-refractivity contribution < 1.29 is 4.57 Å². The van der Waals surface area contributed by atoms with E-state index in [4.69, 9.17) is 11.1 Å². The first-order valence-electron chi connectivity index (χ1n) is 10.6. The van der Waals surface area contributed by atoms with Gasteiger partial charge in [-0.25, -0.2) is 4.57 Å². The molecule has 1 aliphatic carbocycles. The largest absolute Gasteiger partial charge is 0.379 e. The first kappa shape index (κ1) is 20.0. The second-order valence-corrected chi connectivity index (χ2v) is 9.43. The molecule has 152 valence electrons. The monoisotopic (exact) mass is 407 g/mol. The predicted molar refractivity (Wildman–Crippen MR) is 124 cm³/mol. The Bertz CT molecular complexity index is 904. The molecule has 3 N–H and O–H groups in total. The Morgan fingerprint density at radius 2 is 2.10 bits per heavy atom. The highest BCUT2D eigenvalue weighted by Gasteiger charge is 2.19. The van der Waals surface area contributed by atoms with Gasteiger partial charge < -0.3 is 10.6 Å². The molecule has 4 rings (SSSR count). The molecular weight excluding hydrogens is 376 g/mol. The fourth-order valence-corrected chi connectivity index (χ4v) is 4.93. The molecule has 1 saturated heterocycles. The summed E-state index contributed by atoms with van der Waals surface area (Å²) < 4.78 is 2.23. The summed E-state index contributed by atoms with van der Waals surface area (Å²) in [5.74, 6) is 1.64. The molecule has 5 heteroatoms. The van der Waals surface area contributed by atoms with E-state index in [0.717, 1.165) is 31.1 Å². The number of nitrogens with one attached hydrogen (secondary N) is 1. The lowest BCUT2D eigenvalue weighted by molar-refractivity contribution is -0.692. The van der Waals surface area contributed by atoms with Gasteiger partial charge in [-0.05, 0) is 60.4 Å². The molecule has 2 aromatic rings. The molecule has 4 nitrogen and oxygen atoms in total. The van der Waals surface area contributed by atoms with E-state index in [9.17, 15) is 0 Å². The molecule has 1 fully saturated rings. The van der Waals surface area contributed by atoms with E-state index < -0.39 is 0 Å². The molecule has 0 radical (unpaired) electrons. The number of pyridine rings is 1. The smallest absolute Gasteiger partial charge is 0.172 e. The fraction of sp³-hybridized carbons (Fsp3) is 0.417. The number of nitrogens with zero attached hydrogens (tertiary/aromatic N) is 2. The number of anilines is 1. The van der Waals surface area contributed by atoms with Gasteiger partial charge >= 0.3 is 0 Å². The molecule has 0 bridgehead atoms. The summed E-state index contributed by atoms with van der Waals surface area (Å²) in [7, 11) is 0. The van der Waals surface area contributed by atoms with Crippen molar-refractivity contribution in [3.05, 3.63) is 59.4 Å². The molecule has 29 heavy (non-hydrogen) atoms. The first-order valence-corrected chi connectivity index (χ1v) is 11.6. The second kappa shape index (κ2) is 9.04. The third-order valence-electron chi connectivity index (χ3n) is 5.97. The Balaban J connectivity index is 1.48. The molecule has 0 amide bonds. The maximum Gasteiger partial charge on any atom is 0.172 e. The van der Waals surface area contributed by atoms with E-state index in [1.807, 2.05) is 0 Å². The number of hydrogen-bond donors (Lipinski definition) is 2. The lowest BCUT2D eigenvalue weighted by Gasteiger charge is -2.19. The molecule has 1 aromatic carbocycles. The van der Waals surface area contributed by atoms with Crippen LogP contribution in [0.3, 0.4) is 0 Å². The zero-order valence-corrected chi connectivity index (χ0v) is 18.0. The van der Waals surface area contributed by atoms with Gasteiger partial charge in [-0.1, -0.05) is 36.9 Å². The van der Waals surface area contributed by atoms with Crippen LogP contribution in [0.1, 0.15) is 42.9 Å². The van der Waals surface area contributed by atoms with E-state index in [1.54, 1.807) is 0 Å². The molecule has 0 saturated carbocycles. The standard InChI is InChI=1S/C24H31N4S/c1-18-9-12-28(16-18)22-7-5-19(6-8-22)15-20-3-2-4-21-17-27(11-10-23(20)21)13-14-29-24(25)26/h5-8,10-11,15,17-18H,2-4,9,12-14,16H2,1H3,(H3,25,26)/q+1. The fourth-order valence-electron chi connectivity index (χ4n) is 4.41. The van der Waals surface area contributed by atoms with Crippen molar-refractivity contribution in [1.82, 2.24) is 0 Å². The van der Waals surface area contributed by atoms with Crippen molar-refractivity contribution in [3.8, 4) is 0 Å². The number of fused-ring (bicyclic) bond motifs is 1. The Hall–Kier alpha value is -2.27. The zero-order chi connectivity index (χ0) is 20.2. The number of nitrogens with two attached hydrogens (primary N) is 1. The van der Waals surface area contributed by atoms with Crippen LogP contribution in [0.5, 0.6) is 0 Å². The average Bonchev–Trinajstić information content (AvgIpc) is 3.15. The van der Waals surface area contributed by atoms with Crippen LogP contribution in [-0.4, -0.2) is 24.0 Å². The topological polar surface area (TPSA) is 57.0 Å². The summed E-state index contributed by atoms with van der Waals surface area (Å²) >= 11 is 1.40. The molecular formula is C24H31N4S+. The van der Waals surface area contributed by atoms with Crippen LogP contribution in [0.2, 0.25) is 0 Å². The average molecular weight is 408 g/mol. The quantitative estimate of drug-likeness (QED) is 0.441. The third-order valence-corrected chi connectivity index (χ3v) is 6.67. The van der Waals surface area contributed by atoms with Gasteiger partial charge in [0.2, 0.25) is 0 Å². The van der Waals surface area contributed by atoms with Crippen LogP contribution in [0.15, 0.2) is 42.7 Å². The van der Waals surface area contributed by atoms with Crippen molar-refractivity contribution in [2.45, 2.75) is 39.2 Å². The Labute approximate surface area is 178 Å². The van der Waals surface area contributed by atoms with Gasteiger partial charge in [0.25, 0.3) is 0 Å². The minimum atomic E-state index is 0.194. The van der Waals surface area contributed by atoms with Gasteiger partial charge in [0.1, 0.15) is 0 Å². The maximum absolute atomic E-state index is 7.34. The van der Waals surface area contributed by atoms with Gasteiger partial charge in [-0.15, -0.1) is 0 Å². The molecule has 1 unspecified atom stereocenters. The highest BCUT2D eigenvalue weighted by molar-refractivity contribution is 8.13. The second-order valence-electron chi connectivity index (χ2n) is 8.29. The van der Waals surface area contributed by atoms with Crippen LogP contribution in [0.25, 0.3) is 11.6 Å². The Morgan fingerprint density at radius 3 is 2.83 bits per heavy atom. The van der Waals surface area contributed by atoms with Gasteiger partial charge in [0, 0.05) is 30.4 Å². The summed E-state index contributed by atoms with van der Waals surface area (Å²) in [4.78, 5) is 2.50. The van der Waals surface area contributed by atoms with E-state index in [-0.39, 0.29) is 5.17 Å². The van der Waals surface area contributed by atoms with Crippen LogP contribution < -0.4 is 15.2 Å². The number of thioether (sulfide) groups is 1. The highest BCUT2D eigenvalue weighted by Crippen LogP contribution is 2.32. The third kappa shape index (κ3) is 5.02. The lowest BCUT2D eigenvalue weighted by Crippen LogP contribution is -2.35. The lowest BCUT2D eigenvalue weighted by atomic mass is 9.87. The summed E-state index contributed by atoms with van der Waals surface area (Å²) in [6, 6.07) is 11.3. The number of aromatic nitrogens is 1. The molecule has 2 heterocycles. The summed E-state index contributed by atoms with van der Waals surface area (Å²) in [5.41, 5.74) is 12.3. The van der Waals surface area contributed by atoms with Gasteiger partial charge in [0.05, 0.1) is 5.75 Å². The summed E-state index contributed by atoms with van der Waals surface area (Å²) in [5, 5.41) is 7.53. The Kier molecular flexibility index (Phi) is 6.24. The molecule has 1 aromatic heterocycles. The summed E-state index contributed by atoms with van der Waals surface area (Å²) in [6.07, 6.45) is 11.6. The summed E-state index contributed by atoms with van der Waals surface area (Å²) in [6.45, 7) is 5.58. The van der Waals surface area contributed by atoms with Gasteiger partial charge in [0.15, 0.2) is 24.1 Å². The van der Waals surface area contributed by atoms with Gasteiger partial charge in [-0.2, -0.15) is 0 Å². The number of amidine groups is 1. The normalized spacial score (nSPS) is 20.1. The number of aryl methyl sites for hydroxylation is 2. The van der Waals surface area contributed by atoms with E-state index in [1.165, 1.54) is 65.6 Å². The maximum atomic E-state index is 7.34. The van der Waals surface area contributed by atoms with Crippen molar-refractivity contribution in [1.29, 1.82) is 5.41 Å². The van der Waals surface area contributed by atoms with Crippen LogP contribution >= 0.6 is 11.8 Å². The highest BCUT2D eigenvalue weighted by atomic mass is 32.2. The number of rotatable bonds is 5. The van der Waals surface area contributed by atoms with Crippen LogP contribution in [-0.2, 0) is 13.0 Å². The van der Waals surface area contributed by atoms with E-state index in [0.29, 0.717) is 0 Å². The minimum Gasteiger partial charge on any atom is -0.379 e. The van der Waals surface area contributed by atoms with Crippen LogP contribution in [0, 0.1) is 11.3 Å². The molecule has 1 aliphatic heterocycles. The first-order chi connectivity index (χ1) is 14.1. The number of hydrogen-bond acceptors (Lipinski definition) is 3. The van der Waals surface area contributed by atoms with Crippen molar-refractivity contribution in [3.63, 3.8) is 0 Å². The molecule has 2 aliphatic rings. The van der Waals surface area contributed by atoms with Crippen molar-refractivity contribution in [2.75, 3.05) is 23.7 Å². The van der Waals surface area contributed by atoms with Crippen molar-refractivity contribution in [2.24, 2.45) is 11.7 Å². The van der Waals surface area contributed by atoms with E-state index in [2.05, 4.69) is 65.2 Å². The molecule has 1 atom stereocenters. The minimum absolute atomic E-state index is 0.194. The van der Waals surface area contributed by atoms with Gasteiger partial charge in [-0.3, -0.25) is 5.41 Å². The van der Waals surface area contributed by atoms with E-state index >= 15 is 0 Å².